The van der Waals surface area contributed by atoms with Crippen molar-refractivity contribution in [3.63, 3.8) is 0 Å². The van der Waals surface area contributed by atoms with Crippen LogP contribution in [0.15, 0.2) is 34.8 Å². The molecule has 0 saturated heterocycles. The maximum Gasteiger partial charge on any atom is 0.255 e. The van der Waals surface area contributed by atoms with E-state index < -0.39 is 0 Å². The van der Waals surface area contributed by atoms with Gasteiger partial charge in [-0.05, 0) is 30.2 Å². The van der Waals surface area contributed by atoms with Gasteiger partial charge in [-0.2, -0.15) is 0 Å². The fourth-order valence-corrected chi connectivity index (χ4v) is 2.45. The molecule has 2 aromatic rings. The first-order valence-corrected chi connectivity index (χ1v) is 7.81. The molecule has 0 saturated carbocycles. The van der Waals surface area contributed by atoms with Crippen molar-refractivity contribution < 1.29 is 4.79 Å². The van der Waals surface area contributed by atoms with Crippen molar-refractivity contribution in [1.82, 2.24) is 15.5 Å². The minimum Gasteiger partial charge on any atom is -0.345 e. The van der Waals surface area contributed by atoms with Crippen molar-refractivity contribution in [2.45, 2.75) is 19.4 Å². The van der Waals surface area contributed by atoms with Gasteiger partial charge in [-0.15, -0.1) is 10.2 Å². The third-order valence-corrected chi connectivity index (χ3v) is 3.94. The van der Waals surface area contributed by atoms with Gasteiger partial charge >= 0.3 is 0 Å². The molecule has 1 N–H and O–H groups in total. The van der Waals surface area contributed by atoms with Crippen LogP contribution in [-0.4, -0.2) is 16.1 Å². The van der Waals surface area contributed by atoms with E-state index in [1.165, 1.54) is 6.07 Å². The Kier molecular flexibility index (Phi) is 5.56. The van der Waals surface area contributed by atoms with Crippen molar-refractivity contribution in [2.75, 3.05) is 0 Å². The molecule has 1 atom stereocenters. The average molecular weight is 389 g/mol. The minimum absolute atomic E-state index is 0.0301. The van der Waals surface area contributed by atoms with Gasteiger partial charge in [0.25, 0.3) is 5.91 Å². The number of rotatable bonds is 4. The summed E-state index contributed by atoms with van der Waals surface area (Å²) in [4.78, 5) is 12.3. The van der Waals surface area contributed by atoms with E-state index in [1.54, 1.807) is 0 Å². The van der Waals surface area contributed by atoms with Crippen LogP contribution in [0.1, 0.15) is 35.3 Å². The molecule has 1 heterocycles. The van der Waals surface area contributed by atoms with Crippen LogP contribution in [0, 0.1) is 0 Å². The lowest BCUT2D eigenvalue weighted by Crippen LogP contribution is -2.28. The summed E-state index contributed by atoms with van der Waals surface area (Å²) in [5.74, 6) is -0.327. The van der Waals surface area contributed by atoms with Crippen LogP contribution in [-0.2, 0) is 0 Å². The van der Waals surface area contributed by atoms with Crippen molar-refractivity contribution >= 4 is 45.0 Å². The first-order valence-electron chi connectivity index (χ1n) is 6.26. The maximum absolute atomic E-state index is 12.3. The Morgan fingerprint density at radius 2 is 1.95 bits per heavy atom. The summed E-state index contributed by atoms with van der Waals surface area (Å²) in [5, 5.41) is 10.3. The highest BCUT2D eigenvalue weighted by molar-refractivity contribution is 9.10. The molecule has 1 aromatic carbocycles. The summed E-state index contributed by atoms with van der Waals surface area (Å²) in [6.45, 7) is 1.99. The van der Waals surface area contributed by atoms with Gasteiger partial charge in [-0.3, -0.25) is 4.79 Å². The van der Waals surface area contributed by atoms with Crippen LogP contribution in [0.3, 0.4) is 0 Å². The molecule has 0 aliphatic rings. The normalized spacial score (nSPS) is 12.0. The molecule has 21 heavy (non-hydrogen) atoms. The Morgan fingerprint density at radius 3 is 2.57 bits per heavy atom. The van der Waals surface area contributed by atoms with E-state index >= 15 is 0 Å². The molecule has 2 rings (SSSR count). The first kappa shape index (κ1) is 16.2. The van der Waals surface area contributed by atoms with Crippen LogP contribution >= 0.6 is 39.1 Å². The Bertz CT molecular complexity index is 649. The van der Waals surface area contributed by atoms with Crippen molar-refractivity contribution in [2.24, 2.45) is 0 Å². The van der Waals surface area contributed by atoms with Crippen LogP contribution < -0.4 is 5.32 Å². The third kappa shape index (κ3) is 4.15. The highest BCUT2D eigenvalue weighted by Crippen LogP contribution is 2.21. The second-order valence-corrected chi connectivity index (χ2v) is 6.02. The molecule has 0 fully saturated rings. The molecule has 0 radical (unpaired) electrons. The third-order valence-electron chi connectivity index (χ3n) is 2.95. The first-order chi connectivity index (χ1) is 10.0. The molecule has 1 aromatic heterocycles. The Hall–Kier alpha value is -1.17. The molecule has 110 valence electrons. The quantitative estimate of drug-likeness (QED) is 0.842. The highest BCUT2D eigenvalue weighted by atomic mass is 79.9. The van der Waals surface area contributed by atoms with Crippen LogP contribution in [0.4, 0.5) is 0 Å². The Labute approximate surface area is 141 Å². The van der Waals surface area contributed by atoms with E-state index in [-0.39, 0.29) is 27.8 Å². The number of hydrogen-bond acceptors (Lipinski definition) is 3. The fraction of sp³-hybridized carbons (Fsp3) is 0.214. The zero-order chi connectivity index (χ0) is 15.4. The summed E-state index contributed by atoms with van der Waals surface area (Å²) in [5.41, 5.74) is 1.23. The number of benzene rings is 1. The average Bonchev–Trinajstić information content (AvgIpc) is 2.48. The standard InChI is InChI=1S/C14H12BrCl2N3O/c1-2-11(8-3-5-9(15)6-4-8)18-14(21)10-7-12(16)19-20-13(10)17/h3-7,11H,2H2,1H3,(H,18,21). The van der Waals surface area contributed by atoms with E-state index in [2.05, 4.69) is 31.4 Å². The van der Waals surface area contributed by atoms with Crippen LogP contribution in [0.2, 0.25) is 10.3 Å². The monoisotopic (exact) mass is 387 g/mol. The molecule has 7 heteroatoms. The highest BCUT2D eigenvalue weighted by Gasteiger charge is 2.18. The summed E-state index contributed by atoms with van der Waals surface area (Å²) in [6.07, 6.45) is 0.747. The van der Waals surface area contributed by atoms with Crippen molar-refractivity contribution in [3.8, 4) is 0 Å². The molecule has 0 aliphatic heterocycles. The van der Waals surface area contributed by atoms with Crippen molar-refractivity contribution in [1.29, 1.82) is 0 Å². The minimum atomic E-state index is -0.327. The SMILES string of the molecule is CCC(NC(=O)c1cc(Cl)nnc1Cl)c1ccc(Br)cc1. The number of hydrogen-bond donors (Lipinski definition) is 1. The number of aromatic nitrogens is 2. The lowest BCUT2D eigenvalue weighted by atomic mass is 10.0. The van der Waals surface area contributed by atoms with E-state index in [1.807, 2.05) is 31.2 Å². The van der Waals surface area contributed by atoms with Crippen LogP contribution in [0.5, 0.6) is 0 Å². The zero-order valence-electron chi connectivity index (χ0n) is 11.1. The van der Waals surface area contributed by atoms with Crippen molar-refractivity contribution in [3.05, 3.63) is 56.2 Å². The second kappa shape index (κ2) is 7.20. The van der Waals surface area contributed by atoms with E-state index in [0.29, 0.717) is 0 Å². The summed E-state index contributed by atoms with van der Waals surface area (Å²) in [7, 11) is 0. The largest absolute Gasteiger partial charge is 0.345 e. The van der Waals surface area contributed by atoms with Gasteiger partial charge in [-0.25, -0.2) is 0 Å². The molecule has 0 aliphatic carbocycles. The lowest BCUT2D eigenvalue weighted by molar-refractivity contribution is 0.0935. The molecular formula is C14H12BrCl2N3O. The maximum atomic E-state index is 12.3. The van der Waals surface area contributed by atoms with E-state index in [0.717, 1.165) is 16.5 Å². The van der Waals surface area contributed by atoms with Gasteiger partial charge in [0.15, 0.2) is 10.3 Å². The fourth-order valence-electron chi connectivity index (χ4n) is 1.86. The Balaban J connectivity index is 2.20. The number of nitrogens with one attached hydrogen (secondary N) is 1. The molecule has 0 bridgehead atoms. The molecule has 1 unspecified atom stereocenters. The topological polar surface area (TPSA) is 54.9 Å². The molecule has 1 amide bonds. The van der Waals surface area contributed by atoms with Gasteiger partial charge in [0.2, 0.25) is 0 Å². The van der Waals surface area contributed by atoms with Gasteiger partial charge in [0.05, 0.1) is 11.6 Å². The van der Waals surface area contributed by atoms with E-state index in [9.17, 15) is 4.79 Å². The molecule has 4 nitrogen and oxygen atoms in total. The predicted octanol–water partition coefficient (Wildman–Crippen LogP) is 4.43. The molecular weight excluding hydrogens is 377 g/mol. The second-order valence-electron chi connectivity index (χ2n) is 4.36. The van der Waals surface area contributed by atoms with E-state index in [4.69, 9.17) is 23.2 Å². The number of carbonyl (C=O) groups excluding carboxylic acids is 1. The Morgan fingerprint density at radius 1 is 1.29 bits per heavy atom. The smallest absolute Gasteiger partial charge is 0.255 e. The van der Waals surface area contributed by atoms with Crippen LogP contribution in [0.25, 0.3) is 0 Å². The van der Waals surface area contributed by atoms with Gasteiger partial charge in [0, 0.05) is 4.47 Å². The molecule has 0 spiro atoms. The summed E-state index contributed by atoms with van der Waals surface area (Å²) >= 11 is 15.0. The lowest BCUT2D eigenvalue weighted by Gasteiger charge is -2.17. The number of carbonyl (C=O) groups is 1. The summed E-state index contributed by atoms with van der Waals surface area (Å²) < 4.78 is 0.987. The van der Waals surface area contributed by atoms with Gasteiger partial charge in [0.1, 0.15) is 0 Å². The number of nitrogens with zero attached hydrogens (tertiary/aromatic N) is 2. The number of halogens is 3. The zero-order valence-corrected chi connectivity index (χ0v) is 14.2. The predicted molar refractivity (Wildman–Crippen MR) is 86.7 cm³/mol. The van der Waals surface area contributed by atoms with Gasteiger partial charge in [-0.1, -0.05) is 58.2 Å². The summed E-state index contributed by atoms with van der Waals surface area (Å²) in [6, 6.07) is 9.06. The van der Waals surface area contributed by atoms with Gasteiger partial charge < -0.3 is 5.32 Å². The number of amides is 1.